The molecule has 10 heteroatoms. The van der Waals surface area contributed by atoms with E-state index in [2.05, 4.69) is 15.0 Å². The Morgan fingerprint density at radius 1 is 0.919 bits per heavy atom. The molecule has 2 fully saturated rings. The van der Waals surface area contributed by atoms with Crippen molar-refractivity contribution in [3.63, 3.8) is 0 Å². The van der Waals surface area contributed by atoms with E-state index in [0.717, 1.165) is 5.56 Å². The SMILES string of the molecule is Fc1cccc(F)c1CCc1nc2nc(O[C@H]3CO[C@H]4[C@@H]3OC[C@H]4OCc3ccccc3)[nH]c2cc1Cl. The van der Waals surface area contributed by atoms with Crippen molar-refractivity contribution in [3.05, 3.63) is 88.1 Å². The Kier molecular flexibility index (Phi) is 6.77. The van der Waals surface area contributed by atoms with Crippen LogP contribution in [0, 0.1) is 11.6 Å². The van der Waals surface area contributed by atoms with Crippen LogP contribution < -0.4 is 4.74 Å². The number of H-pyrrole nitrogens is 1. The second-order valence-electron chi connectivity index (χ2n) is 9.12. The maximum absolute atomic E-state index is 14.0. The average molecular weight is 528 g/mol. The highest BCUT2D eigenvalue weighted by molar-refractivity contribution is 6.31. The van der Waals surface area contributed by atoms with Crippen molar-refractivity contribution >= 4 is 22.8 Å². The predicted octanol–water partition coefficient (Wildman–Crippen LogP) is 4.81. The molecule has 0 amide bonds. The first-order chi connectivity index (χ1) is 18.0. The molecule has 2 saturated heterocycles. The van der Waals surface area contributed by atoms with Gasteiger partial charge in [-0.2, -0.15) is 4.98 Å². The van der Waals surface area contributed by atoms with Crippen LogP contribution in [0.2, 0.25) is 5.02 Å². The van der Waals surface area contributed by atoms with Gasteiger partial charge >= 0.3 is 0 Å². The number of nitrogens with one attached hydrogen (secondary N) is 1. The average Bonchev–Trinajstić information content (AvgIpc) is 3.59. The van der Waals surface area contributed by atoms with Gasteiger partial charge in [-0.3, -0.25) is 0 Å². The van der Waals surface area contributed by atoms with Crippen molar-refractivity contribution in [2.24, 2.45) is 0 Å². The van der Waals surface area contributed by atoms with Crippen LogP contribution >= 0.6 is 11.6 Å². The van der Waals surface area contributed by atoms with E-state index in [-0.39, 0.29) is 48.8 Å². The molecule has 4 aromatic rings. The molecular formula is C27H24ClF2N3O4. The van der Waals surface area contributed by atoms with Gasteiger partial charge < -0.3 is 23.9 Å². The Hall–Kier alpha value is -3.11. The number of fused-ring (bicyclic) bond motifs is 2. The zero-order valence-corrected chi connectivity index (χ0v) is 20.5. The zero-order chi connectivity index (χ0) is 25.4. The van der Waals surface area contributed by atoms with Gasteiger partial charge in [0.2, 0.25) is 0 Å². The van der Waals surface area contributed by atoms with Crippen molar-refractivity contribution in [1.29, 1.82) is 0 Å². The normalized spacial score (nSPS) is 23.0. The van der Waals surface area contributed by atoms with Crippen molar-refractivity contribution in [2.45, 2.75) is 43.9 Å². The van der Waals surface area contributed by atoms with Crippen molar-refractivity contribution in [2.75, 3.05) is 13.2 Å². The summed E-state index contributed by atoms with van der Waals surface area (Å²) in [5.74, 6) is -1.18. The number of hydrogen-bond acceptors (Lipinski definition) is 6. The van der Waals surface area contributed by atoms with E-state index in [4.69, 9.17) is 30.5 Å². The molecule has 0 bridgehead atoms. The molecule has 6 rings (SSSR count). The van der Waals surface area contributed by atoms with Crippen LogP contribution in [0.4, 0.5) is 8.78 Å². The van der Waals surface area contributed by atoms with E-state index in [1.807, 2.05) is 30.3 Å². The number of aromatic nitrogens is 3. The fourth-order valence-electron chi connectivity index (χ4n) is 4.77. The minimum Gasteiger partial charge on any atom is -0.456 e. The summed E-state index contributed by atoms with van der Waals surface area (Å²) >= 11 is 6.40. The predicted molar refractivity (Wildman–Crippen MR) is 132 cm³/mol. The Balaban J connectivity index is 1.10. The molecule has 0 radical (unpaired) electrons. The standard InChI is InChI=1S/C27H24ClF2N3O4/c28-17-11-21-26(31-20(17)10-9-16-18(29)7-4-8-19(16)30)33-27(32-21)37-23-14-36-24-22(13-35-25(23)24)34-12-15-5-2-1-3-6-15/h1-8,11,22-25H,9-10,12-14H2,(H,31,32,33)/t22-,23+,24-,25-/m1/s1. The van der Waals surface area contributed by atoms with E-state index < -0.39 is 11.6 Å². The zero-order valence-electron chi connectivity index (χ0n) is 19.7. The topological polar surface area (TPSA) is 78.5 Å². The number of rotatable bonds is 8. The lowest BCUT2D eigenvalue weighted by atomic mass is 10.1. The summed E-state index contributed by atoms with van der Waals surface area (Å²) < 4.78 is 52.0. The molecule has 2 aliphatic rings. The first-order valence-electron chi connectivity index (χ1n) is 12.1. The summed E-state index contributed by atoms with van der Waals surface area (Å²) in [5, 5.41) is 0.376. The molecule has 192 valence electrons. The summed E-state index contributed by atoms with van der Waals surface area (Å²) in [7, 11) is 0. The summed E-state index contributed by atoms with van der Waals surface area (Å²) in [6.45, 7) is 1.24. The second-order valence-corrected chi connectivity index (χ2v) is 9.52. The van der Waals surface area contributed by atoms with E-state index in [1.54, 1.807) is 6.07 Å². The number of ether oxygens (including phenoxy) is 4. The van der Waals surface area contributed by atoms with Crippen LogP contribution in [-0.2, 0) is 33.7 Å². The van der Waals surface area contributed by atoms with E-state index in [9.17, 15) is 8.78 Å². The molecule has 2 aliphatic heterocycles. The molecule has 1 N–H and O–H groups in total. The molecule has 4 heterocycles. The number of aromatic amines is 1. The Morgan fingerprint density at radius 2 is 1.65 bits per heavy atom. The molecule has 2 aromatic carbocycles. The van der Waals surface area contributed by atoms with Gasteiger partial charge in [0, 0.05) is 5.56 Å². The number of pyridine rings is 1. The van der Waals surface area contributed by atoms with Gasteiger partial charge in [0.15, 0.2) is 11.8 Å². The fourth-order valence-corrected chi connectivity index (χ4v) is 5.02. The van der Waals surface area contributed by atoms with Gasteiger partial charge in [0.05, 0.1) is 36.1 Å². The van der Waals surface area contributed by atoms with Gasteiger partial charge in [0.1, 0.15) is 29.9 Å². The second kappa shape index (κ2) is 10.3. The maximum atomic E-state index is 14.0. The molecule has 0 spiro atoms. The lowest BCUT2D eigenvalue weighted by Gasteiger charge is -2.17. The number of halogens is 3. The highest BCUT2D eigenvalue weighted by Gasteiger charge is 2.49. The number of benzene rings is 2. The van der Waals surface area contributed by atoms with Crippen LogP contribution in [0.15, 0.2) is 54.6 Å². The monoisotopic (exact) mass is 527 g/mol. The number of hydrogen-bond donors (Lipinski definition) is 1. The minimum atomic E-state index is -0.591. The van der Waals surface area contributed by atoms with Gasteiger partial charge in [-0.05, 0) is 36.6 Å². The summed E-state index contributed by atoms with van der Waals surface area (Å²) in [5.41, 5.74) is 2.58. The molecule has 0 saturated carbocycles. The highest BCUT2D eigenvalue weighted by Crippen LogP contribution is 2.32. The molecule has 0 unspecified atom stereocenters. The first kappa shape index (κ1) is 24.2. The van der Waals surface area contributed by atoms with Crippen molar-refractivity contribution < 1.29 is 27.7 Å². The lowest BCUT2D eigenvalue weighted by molar-refractivity contribution is -0.0428. The van der Waals surface area contributed by atoms with Crippen molar-refractivity contribution in [1.82, 2.24) is 15.0 Å². The van der Waals surface area contributed by atoms with Gasteiger partial charge in [-0.25, -0.2) is 13.8 Å². The lowest BCUT2D eigenvalue weighted by Crippen LogP contribution is -2.35. The van der Waals surface area contributed by atoms with Crippen LogP contribution in [-0.4, -0.2) is 52.6 Å². The Morgan fingerprint density at radius 3 is 2.43 bits per heavy atom. The maximum Gasteiger partial charge on any atom is 0.296 e. The molecular weight excluding hydrogens is 504 g/mol. The van der Waals surface area contributed by atoms with Gasteiger partial charge in [-0.1, -0.05) is 48.0 Å². The smallest absolute Gasteiger partial charge is 0.296 e. The van der Waals surface area contributed by atoms with Crippen LogP contribution in [0.5, 0.6) is 6.01 Å². The minimum absolute atomic E-state index is 0.00455. The number of imidazole rings is 1. The number of aryl methyl sites for hydroxylation is 1. The third kappa shape index (κ3) is 5.04. The summed E-state index contributed by atoms with van der Waals surface area (Å²) in [4.78, 5) is 12.0. The molecule has 37 heavy (non-hydrogen) atoms. The van der Waals surface area contributed by atoms with Gasteiger partial charge in [-0.15, -0.1) is 0 Å². The highest BCUT2D eigenvalue weighted by atomic mass is 35.5. The molecule has 4 atom stereocenters. The number of nitrogens with zero attached hydrogens (tertiary/aromatic N) is 2. The molecule has 2 aromatic heterocycles. The summed E-state index contributed by atoms with van der Waals surface area (Å²) in [6, 6.07) is 15.7. The first-order valence-corrected chi connectivity index (χ1v) is 12.5. The van der Waals surface area contributed by atoms with Crippen molar-refractivity contribution in [3.8, 4) is 6.01 Å². The van der Waals surface area contributed by atoms with E-state index in [0.29, 0.717) is 41.7 Å². The van der Waals surface area contributed by atoms with Crippen LogP contribution in [0.1, 0.15) is 16.8 Å². The quantitative estimate of drug-likeness (QED) is 0.354. The largest absolute Gasteiger partial charge is 0.456 e. The molecule has 0 aliphatic carbocycles. The molecule has 7 nitrogen and oxygen atoms in total. The summed E-state index contributed by atoms with van der Waals surface area (Å²) in [6.07, 6.45) is -0.675. The third-order valence-electron chi connectivity index (χ3n) is 6.68. The Labute approximate surface area is 216 Å². The van der Waals surface area contributed by atoms with E-state index in [1.165, 1.54) is 18.2 Å². The Bertz CT molecular complexity index is 1380. The fraction of sp³-hybridized carbons (Fsp3) is 0.333. The van der Waals surface area contributed by atoms with Crippen LogP contribution in [0.3, 0.4) is 0 Å². The third-order valence-corrected chi connectivity index (χ3v) is 7.01. The van der Waals surface area contributed by atoms with E-state index >= 15 is 0 Å². The van der Waals surface area contributed by atoms with Gasteiger partial charge in [0.25, 0.3) is 6.01 Å². The van der Waals surface area contributed by atoms with Crippen LogP contribution in [0.25, 0.3) is 11.2 Å².